The Morgan fingerprint density at radius 1 is 0.694 bits per heavy atom. The minimum Gasteiger partial charge on any atom is -0.497 e. The van der Waals surface area contributed by atoms with Crippen LogP contribution in [0.5, 0.6) is 11.5 Å². The Balaban J connectivity index is 1.29. The van der Waals surface area contributed by atoms with Crippen LogP contribution in [0, 0.1) is 23.7 Å². The van der Waals surface area contributed by atoms with Crippen molar-refractivity contribution in [1.82, 2.24) is 9.80 Å². The maximum atomic E-state index is 13.3. The summed E-state index contributed by atoms with van der Waals surface area (Å²) in [6, 6.07) is 23.7. The Morgan fingerprint density at radius 3 is 1.65 bits per heavy atom. The van der Waals surface area contributed by atoms with E-state index in [-0.39, 0.29) is 24.9 Å². The van der Waals surface area contributed by atoms with E-state index in [0.717, 1.165) is 5.56 Å². The maximum Gasteiger partial charge on any atom is 0.267 e. The first kappa shape index (κ1) is 34.6. The quantitative estimate of drug-likeness (QED) is 0.175. The summed E-state index contributed by atoms with van der Waals surface area (Å²) in [4.78, 5) is 28.9. The van der Waals surface area contributed by atoms with Crippen molar-refractivity contribution < 1.29 is 34.0 Å². The van der Waals surface area contributed by atoms with Crippen LogP contribution in [-0.4, -0.2) is 95.6 Å². The van der Waals surface area contributed by atoms with E-state index in [9.17, 15) is 19.8 Å². The van der Waals surface area contributed by atoms with Gasteiger partial charge in [0.05, 0.1) is 26.2 Å². The summed E-state index contributed by atoms with van der Waals surface area (Å²) in [5.74, 6) is 11.7. The lowest BCUT2D eigenvalue weighted by Crippen LogP contribution is -2.71. The molecule has 0 spiro atoms. The van der Waals surface area contributed by atoms with E-state index in [1.807, 2.05) is 36.4 Å². The number of benzene rings is 3. The smallest absolute Gasteiger partial charge is 0.267 e. The number of methoxy groups -OCH3 is 2. The van der Waals surface area contributed by atoms with Crippen molar-refractivity contribution in [3.05, 3.63) is 121 Å². The predicted molar refractivity (Wildman–Crippen MR) is 185 cm³/mol. The molecule has 0 unspecified atom stereocenters. The molecule has 0 bridgehead atoms. The van der Waals surface area contributed by atoms with Gasteiger partial charge in [-0.25, -0.2) is 0 Å². The highest BCUT2D eigenvalue weighted by Crippen LogP contribution is 2.34. The van der Waals surface area contributed by atoms with Gasteiger partial charge in [-0.2, -0.15) is 0 Å². The van der Waals surface area contributed by atoms with E-state index in [2.05, 4.69) is 48.3 Å². The van der Waals surface area contributed by atoms with Gasteiger partial charge in [0.2, 0.25) is 0 Å². The summed E-state index contributed by atoms with van der Waals surface area (Å²) in [5, 5.41) is 22.7. The molecule has 2 heterocycles. The topological polar surface area (TPSA) is 109 Å². The number of amides is 2. The van der Waals surface area contributed by atoms with Gasteiger partial charge in [-0.1, -0.05) is 85.7 Å². The molecular formula is C40H36N2O7. The lowest BCUT2D eigenvalue weighted by atomic mass is 9.86. The van der Waals surface area contributed by atoms with Gasteiger partial charge >= 0.3 is 0 Å². The molecular weight excluding hydrogens is 620 g/mol. The third-order valence-corrected chi connectivity index (χ3v) is 8.50. The molecule has 0 saturated carbocycles. The summed E-state index contributed by atoms with van der Waals surface area (Å²) in [7, 11) is 2.98. The fraction of sp³-hybridized carbons (Fsp3) is 0.250. The number of hydrogen-bond acceptors (Lipinski definition) is 7. The van der Waals surface area contributed by atoms with Crippen molar-refractivity contribution in [2.75, 3.05) is 27.3 Å². The van der Waals surface area contributed by atoms with Gasteiger partial charge in [-0.3, -0.25) is 9.59 Å². The molecule has 5 rings (SSSR count). The Kier molecular flexibility index (Phi) is 11.2. The van der Waals surface area contributed by atoms with Gasteiger partial charge in [0, 0.05) is 18.3 Å². The zero-order valence-corrected chi connectivity index (χ0v) is 27.2. The lowest BCUT2D eigenvalue weighted by molar-refractivity contribution is -0.175. The van der Waals surface area contributed by atoms with Crippen molar-refractivity contribution in [3.63, 3.8) is 0 Å². The average Bonchev–Trinajstić information content (AvgIpc) is 3.13. The molecule has 9 nitrogen and oxygen atoms in total. The van der Waals surface area contributed by atoms with E-state index >= 15 is 0 Å². The first-order chi connectivity index (χ1) is 23.8. The van der Waals surface area contributed by atoms with Crippen LogP contribution in [0.15, 0.2) is 110 Å². The van der Waals surface area contributed by atoms with Crippen LogP contribution in [-0.2, 0) is 14.3 Å². The standard InChI is InChI=1S/C40H36N2O7/c1-5-31(27-17-11-9-12-18-27)35(43)33-37(48-4)39(45)41(33)25-15-7-8-16-26-42-34(38(40(42)46)49-30-19-13-10-14-20-30)36(44)32(6-2)28-21-23-29(47-3)24-22-28/h9-14,17-24,33-38,43-44H,1-2,25-26H2,3-4H3/t33-,34-,35+,36+,37+,38+/m0/s1. The molecule has 49 heavy (non-hydrogen) atoms. The molecule has 2 fully saturated rings. The molecule has 2 aliphatic heterocycles. The fourth-order valence-corrected chi connectivity index (χ4v) is 5.94. The highest BCUT2D eigenvalue weighted by Gasteiger charge is 2.54. The molecule has 2 aliphatic rings. The first-order valence-electron chi connectivity index (χ1n) is 15.5. The van der Waals surface area contributed by atoms with Crippen molar-refractivity contribution in [3.8, 4) is 35.2 Å². The molecule has 0 aromatic heterocycles. The number of rotatable bonds is 12. The van der Waals surface area contributed by atoms with Crippen LogP contribution in [0.4, 0.5) is 0 Å². The highest BCUT2D eigenvalue weighted by molar-refractivity contribution is 5.91. The normalized spacial score (nSPS) is 20.4. The highest BCUT2D eigenvalue weighted by atomic mass is 16.5. The van der Waals surface area contributed by atoms with Gasteiger partial charge in [0.15, 0.2) is 12.2 Å². The average molecular weight is 657 g/mol. The first-order valence-corrected chi connectivity index (χ1v) is 15.5. The summed E-state index contributed by atoms with van der Waals surface area (Å²) in [6.45, 7) is 7.47. The van der Waals surface area contributed by atoms with Gasteiger partial charge in [0.25, 0.3) is 11.8 Å². The minimum absolute atomic E-state index is 0.000632. The van der Waals surface area contributed by atoms with Crippen molar-refractivity contribution in [2.45, 2.75) is 36.5 Å². The summed E-state index contributed by atoms with van der Waals surface area (Å²) in [6.07, 6.45) is -4.10. The van der Waals surface area contributed by atoms with Gasteiger partial charge in [-0.05, 0) is 47.2 Å². The van der Waals surface area contributed by atoms with Crippen LogP contribution in [0.2, 0.25) is 0 Å². The molecule has 2 saturated heterocycles. The maximum absolute atomic E-state index is 13.3. The van der Waals surface area contributed by atoms with Crippen LogP contribution < -0.4 is 9.47 Å². The summed E-state index contributed by atoms with van der Waals surface area (Å²) >= 11 is 0. The number of nitrogens with zero attached hydrogens (tertiary/aromatic N) is 2. The second kappa shape index (κ2) is 15.9. The number of carbonyl (C=O) groups is 2. The van der Waals surface area contributed by atoms with E-state index < -0.39 is 36.5 Å². The molecule has 2 amide bonds. The second-order valence-corrected chi connectivity index (χ2v) is 11.2. The monoisotopic (exact) mass is 656 g/mol. The number of ether oxygens (including phenoxy) is 3. The SMILES string of the molecule is C=C=C(c1ccccc1)[C@@H](O)[C@H]1[C@@H](OC)C(=O)N1CC#CC#CCN1C(=O)[C@H](Oc2ccccc2)[C@@H]1[C@H](O)C(=C=C)c1ccc(OC)cc1. The van der Waals surface area contributed by atoms with Crippen LogP contribution >= 0.6 is 0 Å². The van der Waals surface area contributed by atoms with Crippen molar-refractivity contribution in [2.24, 2.45) is 0 Å². The number of aliphatic hydroxyl groups is 2. The van der Waals surface area contributed by atoms with Gasteiger partial charge in [-0.15, -0.1) is 11.5 Å². The molecule has 3 aromatic rings. The Bertz CT molecular complexity index is 1890. The Morgan fingerprint density at radius 2 is 1.16 bits per heavy atom. The van der Waals surface area contributed by atoms with Crippen LogP contribution in [0.25, 0.3) is 11.1 Å². The number of aliphatic hydroxyl groups excluding tert-OH is 2. The Hall–Kier alpha value is -5.76. The lowest BCUT2D eigenvalue weighted by Gasteiger charge is -2.47. The molecule has 0 radical (unpaired) electrons. The predicted octanol–water partition coefficient (Wildman–Crippen LogP) is 3.34. The number of β-lactam (4-membered cyclic amide) rings is 2. The molecule has 2 N–H and O–H groups in total. The number of hydrogen-bond donors (Lipinski definition) is 2. The molecule has 248 valence electrons. The molecule has 0 aliphatic carbocycles. The van der Waals surface area contributed by atoms with Crippen LogP contribution in [0.3, 0.4) is 0 Å². The summed E-state index contributed by atoms with van der Waals surface area (Å²) in [5.41, 5.74) is 7.87. The third kappa shape index (κ3) is 7.23. The Labute approximate surface area is 286 Å². The molecule has 6 atom stereocenters. The molecule has 3 aromatic carbocycles. The van der Waals surface area contributed by atoms with Gasteiger partial charge < -0.3 is 34.2 Å². The number of para-hydroxylation sites is 1. The molecule has 9 heteroatoms. The zero-order valence-electron chi connectivity index (χ0n) is 27.2. The third-order valence-electron chi connectivity index (χ3n) is 8.50. The van der Waals surface area contributed by atoms with Gasteiger partial charge in [0.1, 0.15) is 29.7 Å². The van der Waals surface area contributed by atoms with Crippen LogP contribution in [0.1, 0.15) is 11.1 Å². The number of likely N-dealkylation sites (tertiary alicyclic amines) is 2. The fourth-order valence-electron chi connectivity index (χ4n) is 5.94. The largest absolute Gasteiger partial charge is 0.497 e. The minimum atomic E-state index is -1.19. The van der Waals surface area contributed by atoms with Crippen molar-refractivity contribution >= 4 is 23.0 Å². The van der Waals surface area contributed by atoms with E-state index in [1.54, 1.807) is 55.6 Å². The van der Waals surface area contributed by atoms with E-state index in [1.165, 1.54) is 16.9 Å². The number of carbonyl (C=O) groups excluding carboxylic acids is 2. The second-order valence-electron chi connectivity index (χ2n) is 11.2. The zero-order chi connectivity index (χ0) is 34.9. The van der Waals surface area contributed by atoms with E-state index in [0.29, 0.717) is 28.2 Å². The van der Waals surface area contributed by atoms with E-state index in [4.69, 9.17) is 14.2 Å². The summed E-state index contributed by atoms with van der Waals surface area (Å²) < 4.78 is 16.6. The van der Waals surface area contributed by atoms with Crippen molar-refractivity contribution in [1.29, 1.82) is 0 Å².